The van der Waals surface area contributed by atoms with E-state index in [1.807, 2.05) is 30.3 Å². The number of carbonyl (C=O) groups is 1. The number of anilines is 1. The van der Waals surface area contributed by atoms with E-state index in [1.54, 1.807) is 6.07 Å². The summed E-state index contributed by atoms with van der Waals surface area (Å²) in [5.74, 6) is -0.991. The van der Waals surface area contributed by atoms with Crippen molar-refractivity contribution in [3.63, 3.8) is 0 Å². The summed E-state index contributed by atoms with van der Waals surface area (Å²) in [6.07, 6.45) is 0. The predicted octanol–water partition coefficient (Wildman–Crippen LogP) is 3.23. The van der Waals surface area contributed by atoms with E-state index in [-0.39, 0.29) is 0 Å². The van der Waals surface area contributed by atoms with E-state index in [0.29, 0.717) is 10.0 Å². The zero-order valence-electron chi connectivity index (χ0n) is 9.94. The molecule has 3 nitrogen and oxygen atoms in total. The van der Waals surface area contributed by atoms with Crippen LogP contribution >= 0.6 is 15.9 Å². The minimum atomic E-state index is -0.799. The van der Waals surface area contributed by atoms with Gasteiger partial charge in [0.1, 0.15) is 11.9 Å². The van der Waals surface area contributed by atoms with Crippen molar-refractivity contribution in [1.29, 1.82) is 0 Å². The number of hydrogen-bond acceptors (Lipinski definition) is 2. The van der Waals surface area contributed by atoms with Crippen LogP contribution in [0.25, 0.3) is 0 Å². The average molecular weight is 323 g/mol. The first-order chi connectivity index (χ1) is 9.08. The van der Waals surface area contributed by atoms with Crippen molar-refractivity contribution in [2.24, 2.45) is 5.73 Å². The van der Waals surface area contributed by atoms with Crippen LogP contribution in [0.4, 0.5) is 10.1 Å². The van der Waals surface area contributed by atoms with Crippen LogP contribution in [0.2, 0.25) is 0 Å². The van der Waals surface area contributed by atoms with Gasteiger partial charge in [0, 0.05) is 15.7 Å². The van der Waals surface area contributed by atoms with E-state index in [0.717, 1.165) is 5.69 Å². The first kappa shape index (κ1) is 13.5. The molecule has 0 fully saturated rings. The topological polar surface area (TPSA) is 55.1 Å². The van der Waals surface area contributed by atoms with Crippen molar-refractivity contribution < 1.29 is 9.18 Å². The van der Waals surface area contributed by atoms with E-state index in [2.05, 4.69) is 21.2 Å². The second kappa shape index (κ2) is 5.84. The fourth-order valence-corrected chi connectivity index (χ4v) is 2.21. The lowest BCUT2D eigenvalue weighted by molar-refractivity contribution is -0.118. The molecule has 0 radical (unpaired) electrons. The first-order valence-electron chi connectivity index (χ1n) is 5.64. The summed E-state index contributed by atoms with van der Waals surface area (Å²) in [6.45, 7) is 0. The number of carbonyl (C=O) groups excluding carboxylic acids is 1. The van der Waals surface area contributed by atoms with Crippen LogP contribution < -0.4 is 11.1 Å². The molecule has 2 aromatic rings. The number of nitrogens with one attached hydrogen (secondary N) is 1. The van der Waals surface area contributed by atoms with Crippen molar-refractivity contribution in [3.05, 3.63) is 64.4 Å². The monoisotopic (exact) mass is 322 g/mol. The lowest BCUT2D eigenvalue weighted by atomic mass is 10.1. The molecule has 0 heterocycles. The van der Waals surface area contributed by atoms with Crippen LogP contribution in [0, 0.1) is 5.82 Å². The molecular formula is C14H12BrFN2O. The molecule has 2 aromatic carbocycles. The number of benzene rings is 2. The molecule has 1 unspecified atom stereocenters. The Morgan fingerprint density at radius 3 is 2.53 bits per heavy atom. The van der Waals surface area contributed by atoms with Gasteiger partial charge in [0.15, 0.2) is 0 Å². The van der Waals surface area contributed by atoms with E-state index in [9.17, 15) is 9.18 Å². The Kier molecular flexibility index (Phi) is 4.16. The van der Waals surface area contributed by atoms with Gasteiger partial charge in [0.05, 0.1) is 0 Å². The van der Waals surface area contributed by atoms with E-state index >= 15 is 0 Å². The third-order valence-corrected chi connectivity index (χ3v) is 3.36. The summed E-state index contributed by atoms with van der Waals surface area (Å²) in [4.78, 5) is 11.6. The first-order valence-corrected chi connectivity index (χ1v) is 6.43. The van der Waals surface area contributed by atoms with Crippen LogP contribution in [0.5, 0.6) is 0 Å². The molecule has 0 aromatic heterocycles. The number of para-hydroxylation sites is 1. The van der Waals surface area contributed by atoms with Crippen molar-refractivity contribution in [2.45, 2.75) is 6.04 Å². The maximum Gasteiger partial charge on any atom is 0.244 e. The minimum Gasteiger partial charge on any atom is -0.370 e. The maximum absolute atomic E-state index is 13.3. The molecule has 1 atom stereocenters. The molecule has 0 aliphatic rings. The van der Waals surface area contributed by atoms with Gasteiger partial charge in [0.25, 0.3) is 0 Å². The molecule has 0 aliphatic carbocycles. The molecule has 0 saturated carbocycles. The molecule has 0 spiro atoms. The minimum absolute atomic E-state index is 0.417. The Morgan fingerprint density at radius 1 is 1.21 bits per heavy atom. The molecule has 1 amide bonds. The lowest BCUT2D eigenvalue weighted by Gasteiger charge is -2.18. The Labute approximate surface area is 118 Å². The molecule has 5 heteroatoms. The van der Waals surface area contributed by atoms with Gasteiger partial charge in [0.2, 0.25) is 5.91 Å². The van der Waals surface area contributed by atoms with Gasteiger partial charge in [-0.2, -0.15) is 0 Å². The largest absolute Gasteiger partial charge is 0.370 e. The van der Waals surface area contributed by atoms with Gasteiger partial charge in [-0.1, -0.05) is 34.1 Å². The third kappa shape index (κ3) is 3.32. The summed E-state index contributed by atoms with van der Waals surface area (Å²) >= 11 is 3.30. The molecule has 0 bridgehead atoms. The van der Waals surface area contributed by atoms with Gasteiger partial charge < -0.3 is 11.1 Å². The fourth-order valence-electron chi connectivity index (χ4n) is 1.74. The number of hydrogen-bond donors (Lipinski definition) is 2. The highest BCUT2D eigenvalue weighted by Gasteiger charge is 2.20. The summed E-state index contributed by atoms with van der Waals surface area (Å²) in [6, 6.07) is 12.5. The molecule has 3 N–H and O–H groups in total. The summed E-state index contributed by atoms with van der Waals surface area (Å²) < 4.78 is 13.9. The Hall–Kier alpha value is -1.88. The Balaban J connectivity index is 2.35. The van der Waals surface area contributed by atoms with Crippen molar-refractivity contribution in [2.75, 3.05) is 5.32 Å². The fraction of sp³-hybridized carbons (Fsp3) is 0.0714. The highest BCUT2D eigenvalue weighted by Crippen LogP contribution is 2.27. The summed E-state index contributed by atoms with van der Waals surface area (Å²) in [5.41, 5.74) is 6.60. The number of rotatable bonds is 4. The molecule has 0 saturated heterocycles. The quantitative estimate of drug-likeness (QED) is 0.908. The zero-order valence-corrected chi connectivity index (χ0v) is 11.5. The van der Waals surface area contributed by atoms with Gasteiger partial charge in [-0.05, 0) is 30.3 Å². The van der Waals surface area contributed by atoms with Gasteiger partial charge in [-0.3, -0.25) is 4.79 Å². The molecule has 19 heavy (non-hydrogen) atoms. The lowest BCUT2D eigenvalue weighted by Crippen LogP contribution is -2.28. The maximum atomic E-state index is 13.3. The number of amides is 1. The average Bonchev–Trinajstić information content (AvgIpc) is 2.40. The van der Waals surface area contributed by atoms with E-state index < -0.39 is 17.8 Å². The highest BCUT2D eigenvalue weighted by molar-refractivity contribution is 9.10. The molecule has 98 valence electrons. The third-order valence-electron chi connectivity index (χ3n) is 2.64. The standard InChI is InChI=1S/C14H12BrFN2O/c15-12-7-6-9(16)8-11(12)13(14(17)19)18-10-4-2-1-3-5-10/h1-8,13,18H,(H2,17,19). The van der Waals surface area contributed by atoms with Crippen LogP contribution in [0.1, 0.15) is 11.6 Å². The number of nitrogens with two attached hydrogens (primary N) is 1. The second-order valence-electron chi connectivity index (χ2n) is 4.01. The Morgan fingerprint density at radius 2 is 1.89 bits per heavy atom. The second-order valence-corrected chi connectivity index (χ2v) is 4.87. The predicted molar refractivity (Wildman–Crippen MR) is 76.1 cm³/mol. The molecule has 0 aliphatic heterocycles. The molecule has 2 rings (SSSR count). The van der Waals surface area contributed by atoms with Crippen molar-refractivity contribution in [3.8, 4) is 0 Å². The Bertz CT molecular complexity index is 589. The van der Waals surface area contributed by atoms with Crippen LogP contribution in [0.15, 0.2) is 53.0 Å². The SMILES string of the molecule is NC(=O)C(Nc1ccccc1)c1cc(F)ccc1Br. The van der Waals surface area contributed by atoms with Crippen LogP contribution in [-0.4, -0.2) is 5.91 Å². The van der Waals surface area contributed by atoms with Gasteiger partial charge in [-0.15, -0.1) is 0 Å². The van der Waals surface area contributed by atoms with E-state index in [1.165, 1.54) is 12.1 Å². The summed E-state index contributed by atoms with van der Waals surface area (Å²) in [5, 5.41) is 2.99. The van der Waals surface area contributed by atoms with Crippen molar-refractivity contribution in [1.82, 2.24) is 0 Å². The number of halogens is 2. The smallest absolute Gasteiger partial charge is 0.244 e. The summed E-state index contributed by atoms with van der Waals surface area (Å²) in [7, 11) is 0. The van der Waals surface area contributed by atoms with Crippen LogP contribution in [-0.2, 0) is 4.79 Å². The normalized spacial score (nSPS) is 11.9. The number of primary amides is 1. The molecular weight excluding hydrogens is 311 g/mol. The van der Waals surface area contributed by atoms with Gasteiger partial charge >= 0.3 is 0 Å². The van der Waals surface area contributed by atoms with Gasteiger partial charge in [-0.25, -0.2) is 4.39 Å². The zero-order chi connectivity index (χ0) is 13.8. The van der Waals surface area contributed by atoms with E-state index in [4.69, 9.17) is 5.73 Å². The van der Waals surface area contributed by atoms with Crippen LogP contribution in [0.3, 0.4) is 0 Å². The highest BCUT2D eigenvalue weighted by atomic mass is 79.9. The van der Waals surface area contributed by atoms with Crippen molar-refractivity contribution >= 4 is 27.5 Å².